The van der Waals surface area contributed by atoms with Crippen molar-refractivity contribution in [2.75, 3.05) is 25.5 Å². The summed E-state index contributed by atoms with van der Waals surface area (Å²) in [7, 11) is 1.66. The molecule has 0 aromatic heterocycles. The van der Waals surface area contributed by atoms with Crippen molar-refractivity contribution in [3.8, 4) is 0 Å². The molecule has 0 fully saturated rings. The van der Waals surface area contributed by atoms with E-state index in [9.17, 15) is 0 Å². The smallest absolute Gasteiger partial charge is 0.185 e. The number of anilines is 1. The van der Waals surface area contributed by atoms with Crippen molar-refractivity contribution in [3.05, 3.63) is 23.8 Å². The number of rotatable bonds is 6. The normalized spacial score (nSPS) is 10.3. The molecule has 0 radical (unpaired) electrons. The van der Waals surface area contributed by atoms with Crippen LogP contribution in [0.15, 0.2) is 18.2 Å². The third kappa shape index (κ3) is 3.87. The van der Waals surface area contributed by atoms with Crippen LogP contribution in [0.2, 0.25) is 0 Å². The number of quaternary nitrogens is 1. The van der Waals surface area contributed by atoms with Gasteiger partial charge in [0, 0.05) is 12.6 Å². The molecule has 1 aromatic carbocycles. The molecule has 1 rings (SSSR count). The standard InChI is InChI=1S/C11H19N3O/c1-9-4-5-10(13-7-3-6-12)11(8-9)14-15-2/h4-5,8,13-14H,3,6-7,12H2,1-2H3/p+1. The summed E-state index contributed by atoms with van der Waals surface area (Å²) in [5.74, 6) is 0. The molecule has 0 aliphatic rings. The van der Waals surface area contributed by atoms with Gasteiger partial charge in [0.15, 0.2) is 5.69 Å². The molecule has 1 aromatic rings. The molecule has 0 heterocycles. The molecule has 84 valence electrons. The maximum Gasteiger partial charge on any atom is 0.185 e. The van der Waals surface area contributed by atoms with Crippen molar-refractivity contribution in [1.29, 1.82) is 0 Å². The van der Waals surface area contributed by atoms with Crippen LogP contribution in [0.25, 0.3) is 0 Å². The zero-order chi connectivity index (χ0) is 11.1. The zero-order valence-electron chi connectivity index (χ0n) is 9.42. The van der Waals surface area contributed by atoms with Crippen molar-refractivity contribution in [2.45, 2.75) is 13.3 Å². The highest BCUT2D eigenvalue weighted by Gasteiger charge is 2.05. The highest BCUT2D eigenvalue weighted by Crippen LogP contribution is 2.18. The van der Waals surface area contributed by atoms with Gasteiger partial charge >= 0.3 is 0 Å². The van der Waals surface area contributed by atoms with Gasteiger partial charge in [-0.25, -0.2) is 4.84 Å². The topological polar surface area (TPSA) is 63.9 Å². The molecule has 0 spiro atoms. The highest BCUT2D eigenvalue weighted by molar-refractivity contribution is 5.61. The Labute approximate surface area is 90.8 Å². The van der Waals surface area contributed by atoms with Gasteiger partial charge in [0.1, 0.15) is 0 Å². The van der Waals surface area contributed by atoms with Gasteiger partial charge < -0.3 is 11.1 Å². The van der Waals surface area contributed by atoms with Crippen LogP contribution >= 0.6 is 0 Å². The van der Waals surface area contributed by atoms with Gasteiger partial charge in [0.2, 0.25) is 0 Å². The van der Waals surface area contributed by atoms with E-state index in [0.29, 0.717) is 6.54 Å². The number of aryl methyl sites for hydroxylation is 1. The number of nitrogens with one attached hydrogen (secondary N) is 1. The third-order valence-electron chi connectivity index (χ3n) is 2.15. The first-order chi connectivity index (χ1) is 7.27. The van der Waals surface area contributed by atoms with Gasteiger partial charge in [0.25, 0.3) is 0 Å². The Morgan fingerprint density at radius 2 is 2.27 bits per heavy atom. The second-order valence-corrected chi connectivity index (χ2v) is 3.51. The summed E-state index contributed by atoms with van der Waals surface area (Å²) >= 11 is 0. The monoisotopic (exact) mass is 210 g/mol. The van der Waals surface area contributed by atoms with Gasteiger partial charge in [-0.1, -0.05) is 6.07 Å². The Morgan fingerprint density at radius 1 is 1.47 bits per heavy atom. The van der Waals surface area contributed by atoms with Crippen molar-refractivity contribution < 1.29 is 10.3 Å². The van der Waals surface area contributed by atoms with Gasteiger partial charge in [-0.05, 0) is 31.5 Å². The van der Waals surface area contributed by atoms with Gasteiger partial charge in [0.05, 0.1) is 12.8 Å². The Morgan fingerprint density at radius 3 is 2.93 bits per heavy atom. The van der Waals surface area contributed by atoms with E-state index in [1.54, 1.807) is 12.6 Å². The van der Waals surface area contributed by atoms with Crippen LogP contribution in [-0.4, -0.2) is 20.2 Å². The lowest BCUT2D eigenvalue weighted by atomic mass is 10.2. The molecule has 0 amide bonds. The van der Waals surface area contributed by atoms with E-state index in [4.69, 9.17) is 10.6 Å². The van der Waals surface area contributed by atoms with Crippen LogP contribution in [0.4, 0.5) is 11.4 Å². The second-order valence-electron chi connectivity index (χ2n) is 3.51. The fourth-order valence-corrected chi connectivity index (χ4v) is 1.39. The van der Waals surface area contributed by atoms with Gasteiger partial charge in [-0.3, -0.25) is 0 Å². The first-order valence-corrected chi connectivity index (χ1v) is 5.18. The molecule has 0 saturated carbocycles. The predicted octanol–water partition coefficient (Wildman–Crippen LogP) is 0.512. The molecule has 4 nitrogen and oxygen atoms in total. The van der Waals surface area contributed by atoms with E-state index in [0.717, 1.165) is 24.3 Å². The van der Waals surface area contributed by atoms with Gasteiger partial charge in [-0.2, -0.15) is 5.48 Å². The largest absolute Gasteiger partial charge is 0.380 e. The predicted molar refractivity (Wildman–Crippen MR) is 61.9 cm³/mol. The van der Waals surface area contributed by atoms with Crippen LogP contribution in [0.5, 0.6) is 0 Å². The van der Waals surface area contributed by atoms with Crippen LogP contribution in [-0.2, 0) is 4.84 Å². The molecule has 0 atom stereocenters. The van der Waals surface area contributed by atoms with E-state index in [2.05, 4.69) is 30.4 Å². The summed E-state index contributed by atoms with van der Waals surface area (Å²) in [5, 5.41) is 3.33. The van der Waals surface area contributed by atoms with Crippen molar-refractivity contribution in [1.82, 2.24) is 0 Å². The average molecular weight is 210 g/mol. The lowest BCUT2D eigenvalue weighted by Crippen LogP contribution is -2.76. The molecule has 0 aliphatic heterocycles. The molecule has 15 heavy (non-hydrogen) atoms. The minimum Gasteiger partial charge on any atom is -0.380 e. The number of nitrogens with two attached hydrogens (primary N) is 2. The fraction of sp³-hybridized carbons (Fsp3) is 0.455. The Kier molecular flexibility index (Phi) is 5.10. The number of hydrogen-bond donors (Lipinski definition) is 3. The fourth-order valence-electron chi connectivity index (χ4n) is 1.39. The van der Waals surface area contributed by atoms with Gasteiger partial charge in [-0.15, -0.1) is 0 Å². The minimum atomic E-state index is 0.711. The lowest BCUT2D eigenvalue weighted by Gasteiger charge is -2.09. The van der Waals surface area contributed by atoms with Crippen LogP contribution in [0, 0.1) is 6.92 Å². The highest BCUT2D eigenvalue weighted by atomic mass is 16.6. The molecule has 5 N–H and O–H groups in total. The van der Waals surface area contributed by atoms with E-state index >= 15 is 0 Å². The zero-order valence-corrected chi connectivity index (χ0v) is 9.42. The van der Waals surface area contributed by atoms with Crippen molar-refractivity contribution in [3.63, 3.8) is 0 Å². The van der Waals surface area contributed by atoms with Crippen molar-refractivity contribution in [2.24, 2.45) is 5.73 Å². The third-order valence-corrected chi connectivity index (χ3v) is 2.15. The molecule has 4 heteroatoms. The average Bonchev–Trinajstić information content (AvgIpc) is 2.22. The van der Waals surface area contributed by atoms with E-state index in [1.165, 1.54) is 5.56 Å². The van der Waals surface area contributed by atoms with Crippen LogP contribution in [0.3, 0.4) is 0 Å². The first kappa shape index (κ1) is 12.0. The number of hydrogen-bond acceptors (Lipinski definition) is 3. The summed E-state index contributed by atoms with van der Waals surface area (Å²) < 4.78 is 0. The summed E-state index contributed by atoms with van der Waals surface area (Å²) in [4.78, 5) is 5.04. The quantitative estimate of drug-likeness (QED) is 0.364. The SMILES string of the molecule is CO[NH2+]c1cc(C)ccc1NCCCN. The summed E-state index contributed by atoms with van der Waals surface area (Å²) in [6.07, 6.45) is 0.973. The van der Waals surface area contributed by atoms with Crippen molar-refractivity contribution >= 4 is 11.4 Å². The van der Waals surface area contributed by atoms with E-state index in [-0.39, 0.29) is 0 Å². The molecule has 0 saturated heterocycles. The molecular formula is C11H20N3O+. The Hall–Kier alpha value is -1.10. The second kappa shape index (κ2) is 6.40. The molecular weight excluding hydrogens is 190 g/mol. The summed E-state index contributed by atoms with van der Waals surface area (Å²) in [6, 6.07) is 6.24. The summed E-state index contributed by atoms with van der Waals surface area (Å²) in [6.45, 7) is 3.67. The van der Waals surface area contributed by atoms with E-state index in [1.807, 2.05) is 0 Å². The number of benzene rings is 1. The van der Waals surface area contributed by atoms with Crippen LogP contribution < -0.4 is 16.5 Å². The Balaban J connectivity index is 2.67. The molecule has 0 unspecified atom stereocenters. The van der Waals surface area contributed by atoms with Crippen LogP contribution in [0.1, 0.15) is 12.0 Å². The first-order valence-electron chi connectivity index (χ1n) is 5.18. The van der Waals surface area contributed by atoms with E-state index < -0.39 is 0 Å². The maximum atomic E-state index is 5.44. The Bertz CT molecular complexity index is 302. The lowest BCUT2D eigenvalue weighted by molar-refractivity contribution is -0.829. The minimum absolute atomic E-state index is 0.711. The molecule has 0 aliphatic carbocycles. The summed E-state index contributed by atoms with van der Waals surface area (Å²) in [5.41, 5.74) is 10.6. The maximum absolute atomic E-state index is 5.44. The molecule has 0 bridgehead atoms.